The number of aromatic nitrogens is 1. The van der Waals surface area contributed by atoms with Gasteiger partial charge in [0.1, 0.15) is 12.1 Å². The molecule has 3 amide bonds. The predicted octanol–water partition coefficient (Wildman–Crippen LogP) is 2.40. The number of nitrogens with zero attached hydrogens (tertiary/aromatic N) is 2. The first kappa shape index (κ1) is 27.3. The molecule has 202 valence electrons. The second kappa shape index (κ2) is 10.9. The van der Waals surface area contributed by atoms with Crippen LogP contribution >= 0.6 is 0 Å². The van der Waals surface area contributed by atoms with E-state index < -0.39 is 35.5 Å². The van der Waals surface area contributed by atoms with E-state index in [2.05, 4.69) is 16.1 Å². The molecule has 0 unspecified atom stereocenters. The molecule has 3 heterocycles. The first-order chi connectivity index (χ1) is 17.9. The van der Waals surface area contributed by atoms with Crippen molar-refractivity contribution in [3.8, 4) is 0 Å². The average molecular weight is 522 g/mol. The number of carbonyl (C=O) groups excluding carboxylic acids is 4. The summed E-state index contributed by atoms with van der Waals surface area (Å²) in [5, 5.41) is 7.92. The number of hydrogen-bond donors (Lipinski definition) is 3. The number of rotatable bonds is 0. The van der Waals surface area contributed by atoms with E-state index in [1.165, 1.54) is 11.9 Å². The summed E-state index contributed by atoms with van der Waals surface area (Å²) in [5.41, 5.74) is 4.29. The Bertz CT molecular complexity index is 1290. The summed E-state index contributed by atoms with van der Waals surface area (Å²) in [6, 6.07) is 7.77. The number of benzene rings is 1. The van der Waals surface area contributed by atoms with Crippen LogP contribution in [0.15, 0.2) is 36.4 Å². The standard InChI is InChI=1S/C28H35N5O5/c1-16-21-11-10-20-9-8-19(15-23(20)31-21)12-13-28(4,5)27(37)38-18(3)24(34)30-17(2)26(36)33-14-6-7-22(32-33)25(35)29-16/h8-13,15-18,22,32H,6-7,14H2,1-5H3,(H,29,35)(H,30,34)/t16-,17+,18+,22+/m1/s1. The Kier molecular flexibility index (Phi) is 7.82. The van der Waals surface area contributed by atoms with Gasteiger partial charge in [0.2, 0.25) is 5.91 Å². The van der Waals surface area contributed by atoms with Gasteiger partial charge < -0.3 is 15.4 Å². The molecule has 4 atom stereocenters. The third-order valence-electron chi connectivity index (χ3n) is 6.91. The Labute approximate surface area is 222 Å². The Morgan fingerprint density at radius 1 is 0.974 bits per heavy atom. The molecule has 38 heavy (non-hydrogen) atoms. The van der Waals surface area contributed by atoms with Gasteiger partial charge in [-0.3, -0.25) is 29.2 Å². The summed E-state index contributed by atoms with van der Waals surface area (Å²) >= 11 is 0. The maximum atomic E-state index is 13.1. The highest BCUT2D eigenvalue weighted by atomic mass is 16.5. The van der Waals surface area contributed by atoms with Gasteiger partial charge in [0.25, 0.3) is 11.8 Å². The van der Waals surface area contributed by atoms with Crippen molar-refractivity contribution >= 4 is 40.7 Å². The zero-order valence-electron chi connectivity index (χ0n) is 22.4. The van der Waals surface area contributed by atoms with E-state index in [-0.39, 0.29) is 17.9 Å². The zero-order chi connectivity index (χ0) is 27.6. The average Bonchev–Trinajstić information content (AvgIpc) is 2.90. The number of fused-ring (bicyclic) bond motifs is 4. The third-order valence-corrected chi connectivity index (χ3v) is 6.91. The Balaban J connectivity index is 1.68. The lowest BCUT2D eigenvalue weighted by Crippen LogP contribution is -2.61. The minimum Gasteiger partial charge on any atom is -0.452 e. The fourth-order valence-corrected chi connectivity index (χ4v) is 4.38. The van der Waals surface area contributed by atoms with E-state index in [1.807, 2.05) is 43.3 Å². The minimum absolute atomic E-state index is 0.237. The number of ether oxygens (including phenoxy) is 1. The number of hydrazine groups is 1. The lowest BCUT2D eigenvalue weighted by Gasteiger charge is -2.35. The SMILES string of the molecule is C[C@@H]1NC(=O)[C@H](C)OC(=O)C(C)(C)C=Cc2ccc3ccc(nc3c2)[C@@H](C)NC(=O)[C@@H]2CCCN(N2)C1=O. The molecule has 1 fully saturated rings. The number of pyridine rings is 1. The second-order valence-corrected chi connectivity index (χ2v) is 10.6. The molecule has 1 aromatic carbocycles. The van der Waals surface area contributed by atoms with Crippen LogP contribution in [0, 0.1) is 5.41 Å². The second-order valence-electron chi connectivity index (χ2n) is 10.6. The molecule has 1 aromatic heterocycles. The Morgan fingerprint density at radius 2 is 1.68 bits per heavy atom. The molecule has 0 aliphatic carbocycles. The highest BCUT2D eigenvalue weighted by Crippen LogP contribution is 2.24. The number of esters is 1. The number of carbonyl (C=O) groups is 4. The maximum Gasteiger partial charge on any atom is 0.316 e. The van der Waals surface area contributed by atoms with Crippen molar-refractivity contribution in [1.82, 2.24) is 26.1 Å². The van der Waals surface area contributed by atoms with E-state index in [0.717, 1.165) is 16.5 Å². The van der Waals surface area contributed by atoms with Crippen LogP contribution in [-0.4, -0.2) is 58.4 Å². The van der Waals surface area contributed by atoms with Gasteiger partial charge in [-0.1, -0.05) is 30.4 Å². The van der Waals surface area contributed by atoms with E-state index in [0.29, 0.717) is 25.1 Å². The van der Waals surface area contributed by atoms with Crippen LogP contribution in [0.25, 0.3) is 17.0 Å². The van der Waals surface area contributed by atoms with Gasteiger partial charge >= 0.3 is 5.97 Å². The maximum absolute atomic E-state index is 13.1. The first-order valence-corrected chi connectivity index (χ1v) is 12.9. The van der Waals surface area contributed by atoms with E-state index >= 15 is 0 Å². The summed E-state index contributed by atoms with van der Waals surface area (Å²) in [6.07, 6.45) is 3.62. The fourth-order valence-electron chi connectivity index (χ4n) is 4.38. The minimum atomic E-state index is -1.10. The topological polar surface area (TPSA) is 130 Å². The Hall–Kier alpha value is -3.79. The van der Waals surface area contributed by atoms with Gasteiger partial charge in [-0.05, 0) is 65.2 Å². The van der Waals surface area contributed by atoms with Crippen LogP contribution in [0.5, 0.6) is 0 Å². The normalized spacial score (nSPS) is 27.0. The summed E-state index contributed by atoms with van der Waals surface area (Å²) in [7, 11) is 0. The summed E-state index contributed by atoms with van der Waals surface area (Å²) in [6.45, 7) is 8.70. The van der Waals surface area contributed by atoms with Crippen LogP contribution < -0.4 is 16.1 Å². The summed E-state index contributed by atoms with van der Waals surface area (Å²) < 4.78 is 5.44. The highest BCUT2D eigenvalue weighted by molar-refractivity contribution is 5.91. The molecule has 0 radical (unpaired) electrons. The summed E-state index contributed by atoms with van der Waals surface area (Å²) in [4.78, 5) is 56.4. The van der Waals surface area contributed by atoms with E-state index in [1.54, 1.807) is 26.8 Å². The van der Waals surface area contributed by atoms with Crippen molar-refractivity contribution in [2.45, 2.75) is 71.7 Å². The quantitative estimate of drug-likeness (QED) is 0.454. The smallest absolute Gasteiger partial charge is 0.316 e. The lowest BCUT2D eigenvalue weighted by molar-refractivity contribution is -0.161. The van der Waals surface area contributed by atoms with Gasteiger partial charge in [0.05, 0.1) is 22.7 Å². The van der Waals surface area contributed by atoms with Crippen LogP contribution in [0.1, 0.15) is 64.8 Å². The molecule has 10 heteroatoms. The molecular weight excluding hydrogens is 486 g/mol. The van der Waals surface area contributed by atoms with Crippen molar-refractivity contribution in [3.05, 3.63) is 47.7 Å². The van der Waals surface area contributed by atoms with Crippen molar-refractivity contribution in [2.24, 2.45) is 5.41 Å². The monoisotopic (exact) mass is 521 g/mol. The molecule has 0 saturated carbocycles. The Morgan fingerprint density at radius 3 is 2.45 bits per heavy atom. The molecule has 5 bridgehead atoms. The highest BCUT2D eigenvalue weighted by Gasteiger charge is 2.33. The van der Waals surface area contributed by atoms with Crippen LogP contribution in [0.3, 0.4) is 0 Å². The zero-order valence-corrected chi connectivity index (χ0v) is 22.4. The van der Waals surface area contributed by atoms with E-state index in [9.17, 15) is 19.2 Å². The molecular formula is C28H35N5O5. The van der Waals surface area contributed by atoms with Gasteiger partial charge in [-0.15, -0.1) is 0 Å². The molecule has 4 rings (SSSR count). The predicted molar refractivity (Wildman–Crippen MR) is 142 cm³/mol. The summed E-state index contributed by atoms with van der Waals surface area (Å²) in [5.74, 6) is -1.77. The van der Waals surface area contributed by atoms with Crippen molar-refractivity contribution in [3.63, 3.8) is 0 Å². The molecule has 0 spiro atoms. The van der Waals surface area contributed by atoms with Crippen LogP contribution in [-0.2, 0) is 23.9 Å². The van der Waals surface area contributed by atoms with Crippen LogP contribution in [0.2, 0.25) is 0 Å². The van der Waals surface area contributed by atoms with Gasteiger partial charge in [-0.25, -0.2) is 5.43 Å². The number of amides is 3. The van der Waals surface area contributed by atoms with Crippen LogP contribution in [0.4, 0.5) is 0 Å². The molecule has 10 nitrogen and oxygen atoms in total. The fraction of sp³-hybridized carbons (Fsp3) is 0.464. The van der Waals surface area contributed by atoms with Gasteiger partial charge in [-0.2, -0.15) is 0 Å². The van der Waals surface area contributed by atoms with Gasteiger partial charge in [0, 0.05) is 11.9 Å². The lowest BCUT2D eigenvalue weighted by atomic mass is 9.92. The molecule has 1 saturated heterocycles. The van der Waals surface area contributed by atoms with Crippen molar-refractivity contribution in [1.29, 1.82) is 0 Å². The van der Waals surface area contributed by atoms with E-state index in [4.69, 9.17) is 9.72 Å². The van der Waals surface area contributed by atoms with Crippen molar-refractivity contribution in [2.75, 3.05) is 6.54 Å². The number of nitrogens with one attached hydrogen (secondary N) is 3. The largest absolute Gasteiger partial charge is 0.452 e. The molecule has 2 aromatic rings. The van der Waals surface area contributed by atoms with Gasteiger partial charge in [0.15, 0.2) is 6.10 Å². The number of hydrogen-bond acceptors (Lipinski definition) is 7. The molecule has 2 aliphatic heterocycles. The first-order valence-electron chi connectivity index (χ1n) is 12.9. The van der Waals surface area contributed by atoms with Crippen molar-refractivity contribution < 1.29 is 23.9 Å². The molecule has 3 N–H and O–H groups in total. The third kappa shape index (κ3) is 6.02. The number of cyclic esters (lactones) is 1. The molecule has 2 aliphatic rings.